The molecule has 1 aliphatic heterocycles. The molecule has 1 aromatic rings. The van der Waals surface area contributed by atoms with E-state index in [1.54, 1.807) is 0 Å². The third-order valence-corrected chi connectivity index (χ3v) is 4.87. The van der Waals surface area contributed by atoms with Crippen molar-refractivity contribution in [1.82, 2.24) is 0 Å². The molecule has 3 N–H and O–H groups in total. The Bertz CT molecular complexity index is 641. The summed E-state index contributed by atoms with van der Waals surface area (Å²) in [6.45, 7) is 12.3. The van der Waals surface area contributed by atoms with Gasteiger partial charge in [-0.15, -0.1) is 0 Å². The molecule has 0 aromatic heterocycles. The van der Waals surface area contributed by atoms with Gasteiger partial charge in [0.15, 0.2) is 5.90 Å². The van der Waals surface area contributed by atoms with Gasteiger partial charge in [0.1, 0.15) is 17.9 Å². The molecule has 0 radical (unpaired) electrons. The Morgan fingerprint density at radius 2 is 1.46 bits per heavy atom. The van der Waals surface area contributed by atoms with Crippen molar-refractivity contribution >= 4 is 5.90 Å². The van der Waals surface area contributed by atoms with Crippen LogP contribution in [-0.2, 0) is 22.0 Å². The molecule has 0 unspecified atom stereocenters. The van der Waals surface area contributed by atoms with Gasteiger partial charge in [0.05, 0.1) is 13.2 Å². The third kappa shape index (κ3) is 4.38. The molecule has 0 saturated heterocycles. The molecule has 0 bridgehead atoms. The highest BCUT2D eigenvalue weighted by atomic mass is 16.5. The van der Waals surface area contributed by atoms with Gasteiger partial charge in [-0.1, -0.05) is 53.7 Å². The minimum absolute atomic E-state index is 0.162. The van der Waals surface area contributed by atoms with Crippen LogP contribution in [0.3, 0.4) is 0 Å². The monoisotopic (exact) mass is 363 g/mol. The van der Waals surface area contributed by atoms with Crippen LogP contribution >= 0.6 is 0 Å². The lowest BCUT2D eigenvalue weighted by Crippen LogP contribution is -2.37. The summed E-state index contributed by atoms with van der Waals surface area (Å²) in [5.74, 6) is 0.943. The largest absolute Gasteiger partial charge is 0.507 e. The molecule has 1 aliphatic rings. The summed E-state index contributed by atoms with van der Waals surface area (Å²) in [7, 11) is 0. The SMILES string of the molecule is CC(C)(C)c1cc(CCC2=NC(CO)(CO)CO2)cc(C(C)(C)C)c1O. The van der Waals surface area contributed by atoms with E-state index in [0.29, 0.717) is 18.1 Å². The van der Waals surface area contributed by atoms with Crippen LogP contribution in [0.15, 0.2) is 17.1 Å². The molecule has 0 fully saturated rings. The molecule has 0 amide bonds. The fourth-order valence-electron chi connectivity index (χ4n) is 3.12. The van der Waals surface area contributed by atoms with Gasteiger partial charge in [-0.3, -0.25) is 0 Å². The second-order valence-corrected chi connectivity index (χ2v) is 9.37. The van der Waals surface area contributed by atoms with Crippen molar-refractivity contribution in [2.24, 2.45) is 4.99 Å². The lowest BCUT2D eigenvalue weighted by atomic mass is 9.78. The number of benzene rings is 1. The Balaban J connectivity index is 2.30. The van der Waals surface area contributed by atoms with Crippen molar-refractivity contribution in [2.45, 2.75) is 70.8 Å². The minimum atomic E-state index is -0.905. The summed E-state index contributed by atoms with van der Waals surface area (Å²) in [5.41, 5.74) is 1.77. The fourth-order valence-corrected chi connectivity index (χ4v) is 3.12. The number of phenols is 1. The molecule has 1 aromatic carbocycles. The van der Waals surface area contributed by atoms with E-state index >= 15 is 0 Å². The Labute approximate surface area is 156 Å². The van der Waals surface area contributed by atoms with E-state index < -0.39 is 5.54 Å². The first-order valence-electron chi connectivity index (χ1n) is 9.22. The molecular formula is C21H33NO4. The number of rotatable bonds is 5. The number of hydrogen-bond donors (Lipinski definition) is 3. The van der Waals surface area contributed by atoms with Gasteiger partial charge in [0.25, 0.3) is 0 Å². The van der Waals surface area contributed by atoms with Crippen molar-refractivity contribution in [2.75, 3.05) is 19.8 Å². The Kier molecular flexibility index (Phi) is 5.74. The smallest absolute Gasteiger partial charge is 0.184 e. The van der Waals surface area contributed by atoms with Crippen LogP contribution in [-0.4, -0.2) is 46.6 Å². The highest BCUT2D eigenvalue weighted by Gasteiger charge is 2.35. The molecule has 0 spiro atoms. The van der Waals surface area contributed by atoms with Crippen molar-refractivity contribution in [1.29, 1.82) is 0 Å². The maximum atomic E-state index is 10.8. The predicted molar refractivity (Wildman–Crippen MR) is 104 cm³/mol. The van der Waals surface area contributed by atoms with E-state index in [9.17, 15) is 15.3 Å². The number of aryl methyl sites for hydroxylation is 1. The van der Waals surface area contributed by atoms with Crippen LogP contribution in [0.5, 0.6) is 5.75 Å². The van der Waals surface area contributed by atoms with Gasteiger partial charge < -0.3 is 20.1 Å². The highest BCUT2D eigenvalue weighted by molar-refractivity contribution is 5.78. The zero-order valence-electron chi connectivity index (χ0n) is 16.9. The van der Waals surface area contributed by atoms with E-state index in [1.165, 1.54) is 0 Å². The van der Waals surface area contributed by atoms with Gasteiger partial charge >= 0.3 is 0 Å². The number of phenolic OH excluding ortho intramolecular Hbond substituents is 1. The average molecular weight is 363 g/mol. The number of aliphatic hydroxyl groups excluding tert-OH is 2. The normalized spacial score (nSPS) is 17.2. The van der Waals surface area contributed by atoms with Gasteiger partial charge in [-0.2, -0.15) is 0 Å². The number of ether oxygens (including phenoxy) is 1. The van der Waals surface area contributed by atoms with Crippen LogP contribution in [0.25, 0.3) is 0 Å². The lowest BCUT2D eigenvalue weighted by Gasteiger charge is -2.28. The summed E-state index contributed by atoms with van der Waals surface area (Å²) in [6, 6.07) is 4.12. The Morgan fingerprint density at radius 3 is 1.85 bits per heavy atom. The Morgan fingerprint density at radius 1 is 0.962 bits per heavy atom. The zero-order chi connectivity index (χ0) is 19.8. The van der Waals surface area contributed by atoms with Gasteiger partial charge in [-0.25, -0.2) is 4.99 Å². The summed E-state index contributed by atoms with van der Waals surface area (Å²) in [5, 5.41) is 29.6. The molecule has 0 saturated carbocycles. The van der Waals surface area contributed by atoms with E-state index in [-0.39, 0.29) is 30.7 Å². The van der Waals surface area contributed by atoms with Crippen LogP contribution in [0.4, 0.5) is 0 Å². The lowest BCUT2D eigenvalue weighted by molar-refractivity contribution is 0.0972. The van der Waals surface area contributed by atoms with Crippen LogP contribution in [0.1, 0.15) is 64.7 Å². The van der Waals surface area contributed by atoms with Crippen LogP contribution < -0.4 is 0 Å². The van der Waals surface area contributed by atoms with Crippen molar-refractivity contribution in [3.05, 3.63) is 28.8 Å². The van der Waals surface area contributed by atoms with Crippen LogP contribution in [0, 0.1) is 0 Å². The van der Waals surface area contributed by atoms with E-state index in [1.807, 2.05) is 0 Å². The molecule has 5 heteroatoms. The quantitative estimate of drug-likeness (QED) is 0.751. The van der Waals surface area contributed by atoms with Crippen molar-refractivity contribution in [3.8, 4) is 5.75 Å². The standard InChI is InChI=1S/C21H33NO4/c1-19(2,3)15-9-14(10-16(18(15)25)20(4,5)6)7-8-17-22-21(11-23,12-24)13-26-17/h9-10,23-25H,7-8,11-13H2,1-6H3. The van der Waals surface area contributed by atoms with E-state index in [4.69, 9.17) is 4.74 Å². The van der Waals surface area contributed by atoms with Gasteiger partial charge in [0, 0.05) is 6.42 Å². The second-order valence-electron chi connectivity index (χ2n) is 9.37. The number of aliphatic imine (C=N–C) groups is 1. The molecule has 146 valence electrons. The minimum Gasteiger partial charge on any atom is -0.507 e. The predicted octanol–water partition coefficient (Wildman–Crippen LogP) is 3.07. The van der Waals surface area contributed by atoms with Gasteiger partial charge in [0.2, 0.25) is 0 Å². The fraction of sp³-hybridized carbons (Fsp3) is 0.667. The summed E-state index contributed by atoms with van der Waals surface area (Å²) in [4.78, 5) is 4.38. The first-order valence-corrected chi connectivity index (χ1v) is 9.22. The second kappa shape index (κ2) is 7.20. The maximum Gasteiger partial charge on any atom is 0.184 e. The number of nitrogens with zero attached hydrogens (tertiary/aromatic N) is 1. The highest BCUT2D eigenvalue weighted by Crippen LogP contribution is 2.40. The first kappa shape index (κ1) is 20.7. The molecule has 26 heavy (non-hydrogen) atoms. The maximum absolute atomic E-state index is 10.8. The Hall–Kier alpha value is -1.59. The third-order valence-electron chi connectivity index (χ3n) is 4.87. The zero-order valence-corrected chi connectivity index (χ0v) is 16.9. The molecule has 2 rings (SSSR count). The molecule has 5 nitrogen and oxygen atoms in total. The summed E-state index contributed by atoms with van der Waals surface area (Å²) >= 11 is 0. The summed E-state index contributed by atoms with van der Waals surface area (Å²) in [6.07, 6.45) is 1.32. The number of hydrogen-bond acceptors (Lipinski definition) is 5. The van der Waals surface area contributed by atoms with Crippen molar-refractivity contribution < 1.29 is 20.1 Å². The number of aliphatic hydroxyl groups is 2. The molecular weight excluding hydrogens is 330 g/mol. The summed E-state index contributed by atoms with van der Waals surface area (Å²) < 4.78 is 5.57. The van der Waals surface area contributed by atoms with Crippen molar-refractivity contribution in [3.63, 3.8) is 0 Å². The molecule has 1 heterocycles. The topological polar surface area (TPSA) is 82.3 Å². The average Bonchev–Trinajstić information content (AvgIpc) is 2.96. The van der Waals surface area contributed by atoms with E-state index in [0.717, 1.165) is 23.1 Å². The first-order chi connectivity index (χ1) is 11.9. The van der Waals surface area contributed by atoms with Crippen LogP contribution in [0.2, 0.25) is 0 Å². The number of aromatic hydroxyl groups is 1. The van der Waals surface area contributed by atoms with Gasteiger partial charge in [-0.05, 0) is 33.9 Å². The molecule has 0 aliphatic carbocycles. The van der Waals surface area contributed by atoms with E-state index in [2.05, 4.69) is 58.7 Å². The molecule has 0 atom stereocenters.